The highest BCUT2D eigenvalue weighted by atomic mass is 19.4. The Morgan fingerprint density at radius 1 is 0.939 bits per heavy atom. The van der Waals surface area contributed by atoms with Gasteiger partial charge in [0, 0.05) is 40.5 Å². The number of alkyl halides is 3. The quantitative estimate of drug-likeness (QED) is 0.337. The second-order valence-corrected chi connectivity index (χ2v) is 7.41. The number of pyridine rings is 3. The largest absolute Gasteiger partial charge is 0.481 e. The van der Waals surface area contributed by atoms with Gasteiger partial charge >= 0.3 is 6.18 Å². The Hall–Kier alpha value is -4.20. The predicted molar refractivity (Wildman–Crippen MR) is 120 cm³/mol. The van der Waals surface area contributed by atoms with Crippen LogP contribution in [0.15, 0.2) is 83.9 Å². The number of rotatable bonds is 3. The summed E-state index contributed by atoms with van der Waals surface area (Å²) in [4.78, 5) is 21.6. The van der Waals surface area contributed by atoms with Gasteiger partial charge < -0.3 is 4.74 Å². The van der Waals surface area contributed by atoms with E-state index in [0.29, 0.717) is 27.7 Å². The molecule has 0 bridgehead atoms. The summed E-state index contributed by atoms with van der Waals surface area (Å²) in [6, 6.07) is 16.8. The molecule has 2 aromatic carbocycles. The Bertz CT molecular complexity index is 1580. The summed E-state index contributed by atoms with van der Waals surface area (Å²) in [7, 11) is 1.52. The number of hydrogen-bond donors (Lipinski definition) is 0. The van der Waals surface area contributed by atoms with Crippen molar-refractivity contribution in [2.24, 2.45) is 0 Å². The van der Waals surface area contributed by atoms with Gasteiger partial charge in [-0.25, -0.2) is 4.98 Å². The number of methoxy groups -OCH3 is 1. The summed E-state index contributed by atoms with van der Waals surface area (Å²) in [6.45, 7) is 0. The van der Waals surface area contributed by atoms with E-state index in [1.165, 1.54) is 29.9 Å². The lowest BCUT2D eigenvalue weighted by atomic mass is 10.0. The molecule has 0 aliphatic heterocycles. The zero-order valence-electron chi connectivity index (χ0n) is 17.3. The average Bonchev–Trinajstić information content (AvgIpc) is 2.83. The minimum absolute atomic E-state index is 0.122. The van der Waals surface area contributed by atoms with Crippen molar-refractivity contribution in [1.29, 1.82) is 0 Å². The SMILES string of the molecule is COc1ncccc1-c1ccc2ncc3ccc(=O)n(-c4cccc(C(F)(F)F)c4)c3c2c1. The second-order valence-electron chi connectivity index (χ2n) is 7.41. The van der Waals surface area contributed by atoms with Gasteiger partial charge in [0.2, 0.25) is 5.88 Å². The topological polar surface area (TPSA) is 57.0 Å². The van der Waals surface area contributed by atoms with Gasteiger partial charge in [-0.2, -0.15) is 13.2 Å². The first-order valence-corrected chi connectivity index (χ1v) is 9.98. The molecule has 0 saturated heterocycles. The zero-order chi connectivity index (χ0) is 23.2. The summed E-state index contributed by atoms with van der Waals surface area (Å²) in [5, 5.41) is 1.24. The molecule has 0 amide bonds. The van der Waals surface area contributed by atoms with Gasteiger partial charge in [-0.15, -0.1) is 0 Å². The lowest BCUT2D eigenvalue weighted by Crippen LogP contribution is -2.18. The van der Waals surface area contributed by atoms with Crippen LogP contribution in [0, 0.1) is 0 Å². The average molecular weight is 447 g/mol. The fraction of sp³-hybridized carbons (Fsp3) is 0.0800. The number of aromatic nitrogens is 3. The monoisotopic (exact) mass is 447 g/mol. The van der Waals surface area contributed by atoms with E-state index in [1.807, 2.05) is 18.2 Å². The maximum atomic E-state index is 13.3. The zero-order valence-corrected chi connectivity index (χ0v) is 17.3. The molecule has 5 rings (SSSR count). The second kappa shape index (κ2) is 7.74. The van der Waals surface area contributed by atoms with E-state index in [0.717, 1.165) is 23.3 Å². The highest BCUT2D eigenvalue weighted by Gasteiger charge is 2.30. The van der Waals surface area contributed by atoms with Crippen molar-refractivity contribution in [3.05, 3.63) is 95.0 Å². The molecular formula is C25H16F3N3O2. The number of hydrogen-bond acceptors (Lipinski definition) is 4. The molecule has 5 aromatic rings. The Morgan fingerprint density at radius 3 is 2.58 bits per heavy atom. The summed E-state index contributed by atoms with van der Waals surface area (Å²) >= 11 is 0. The summed E-state index contributed by atoms with van der Waals surface area (Å²) in [5.41, 5.74) is 1.42. The highest BCUT2D eigenvalue weighted by Crippen LogP contribution is 2.34. The van der Waals surface area contributed by atoms with Gasteiger partial charge in [0.1, 0.15) is 0 Å². The van der Waals surface area contributed by atoms with E-state index < -0.39 is 17.3 Å². The van der Waals surface area contributed by atoms with Crippen LogP contribution in [0.4, 0.5) is 13.2 Å². The number of halogens is 3. The number of benzene rings is 2. The first-order valence-electron chi connectivity index (χ1n) is 9.98. The third-order valence-corrected chi connectivity index (χ3v) is 5.42. The Balaban J connectivity index is 1.85. The van der Waals surface area contributed by atoms with Crippen LogP contribution in [0.25, 0.3) is 38.6 Å². The molecule has 5 nitrogen and oxygen atoms in total. The van der Waals surface area contributed by atoms with Crippen LogP contribution in [0.2, 0.25) is 0 Å². The molecule has 8 heteroatoms. The lowest BCUT2D eigenvalue weighted by molar-refractivity contribution is -0.137. The Morgan fingerprint density at radius 2 is 1.79 bits per heavy atom. The van der Waals surface area contributed by atoms with Crippen LogP contribution in [-0.4, -0.2) is 21.6 Å². The molecular weight excluding hydrogens is 431 g/mol. The van der Waals surface area contributed by atoms with Crippen LogP contribution < -0.4 is 10.3 Å². The Labute approximate surface area is 185 Å². The molecule has 0 aliphatic rings. The highest BCUT2D eigenvalue weighted by molar-refractivity contribution is 6.05. The normalized spacial score (nSPS) is 11.8. The molecule has 3 aromatic heterocycles. The third-order valence-electron chi connectivity index (χ3n) is 5.42. The molecule has 0 fully saturated rings. The number of fused-ring (bicyclic) bond motifs is 3. The molecule has 0 aliphatic carbocycles. The van der Waals surface area contributed by atoms with Crippen molar-refractivity contribution in [3.63, 3.8) is 0 Å². The van der Waals surface area contributed by atoms with E-state index in [-0.39, 0.29) is 5.69 Å². The molecule has 0 spiro atoms. The van der Waals surface area contributed by atoms with Crippen molar-refractivity contribution >= 4 is 21.8 Å². The fourth-order valence-electron chi connectivity index (χ4n) is 3.93. The summed E-state index contributed by atoms with van der Waals surface area (Å²) < 4.78 is 46.7. The molecule has 0 saturated carbocycles. The van der Waals surface area contributed by atoms with Crippen molar-refractivity contribution in [1.82, 2.24) is 14.5 Å². The van der Waals surface area contributed by atoms with Crippen molar-refractivity contribution in [2.45, 2.75) is 6.18 Å². The van der Waals surface area contributed by atoms with Gasteiger partial charge in [0.15, 0.2) is 0 Å². The standard InChI is InChI=1S/C25H16F3N3O2/c1-33-24-19(6-3-11-29-24)15-7-9-21-20(12-15)23-16(14-30-21)8-10-22(32)31(23)18-5-2-4-17(13-18)25(26,27)28/h2-14H,1H3. The van der Waals surface area contributed by atoms with Crippen LogP contribution in [0.1, 0.15) is 5.56 Å². The minimum Gasteiger partial charge on any atom is -0.481 e. The fourth-order valence-corrected chi connectivity index (χ4v) is 3.93. The number of nitrogens with zero attached hydrogens (tertiary/aromatic N) is 3. The lowest BCUT2D eigenvalue weighted by Gasteiger charge is -2.15. The van der Waals surface area contributed by atoms with Gasteiger partial charge in [0.25, 0.3) is 5.56 Å². The third kappa shape index (κ3) is 3.59. The van der Waals surface area contributed by atoms with Crippen LogP contribution in [0.3, 0.4) is 0 Å². The Kier molecular flexibility index (Phi) is 4.85. The van der Waals surface area contributed by atoms with Crippen LogP contribution >= 0.6 is 0 Å². The molecule has 0 atom stereocenters. The molecule has 164 valence electrons. The summed E-state index contributed by atoms with van der Waals surface area (Å²) in [5.74, 6) is 0.431. The van der Waals surface area contributed by atoms with Crippen LogP contribution in [-0.2, 0) is 6.18 Å². The smallest absolute Gasteiger partial charge is 0.416 e. The maximum Gasteiger partial charge on any atom is 0.416 e. The van der Waals surface area contributed by atoms with Gasteiger partial charge in [0.05, 0.1) is 23.7 Å². The van der Waals surface area contributed by atoms with Gasteiger partial charge in [-0.05, 0) is 54.1 Å². The van der Waals surface area contributed by atoms with Crippen molar-refractivity contribution in [3.8, 4) is 22.7 Å². The molecule has 0 radical (unpaired) electrons. The predicted octanol–water partition coefficient (Wildman–Crippen LogP) is 5.63. The molecule has 3 heterocycles. The van der Waals surface area contributed by atoms with Gasteiger partial charge in [-0.3, -0.25) is 14.3 Å². The molecule has 0 unspecified atom stereocenters. The van der Waals surface area contributed by atoms with Crippen molar-refractivity contribution < 1.29 is 17.9 Å². The maximum absolute atomic E-state index is 13.3. The summed E-state index contributed by atoms with van der Waals surface area (Å²) in [6.07, 6.45) is -1.31. The first kappa shape index (κ1) is 20.7. The van der Waals surface area contributed by atoms with E-state index in [4.69, 9.17) is 4.74 Å². The first-order chi connectivity index (χ1) is 15.9. The molecule has 0 N–H and O–H groups in total. The van der Waals surface area contributed by atoms with Crippen LogP contribution in [0.5, 0.6) is 5.88 Å². The van der Waals surface area contributed by atoms with E-state index in [9.17, 15) is 18.0 Å². The number of ether oxygens (including phenoxy) is 1. The van der Waals surface area contributed by atoms with Crippen molar-refractivity contribution in [2.75, 3.05) is 7.11 Å². The molecule has 33 heavy (non-hydrogen) atoms. The van der Waals surface area contributed by atoms with E-state index >= 15 is 0 Å². The van der Waals surface area contributed by atoms with Gasteiger partial charge in [-0.1, -0.05) is 12.1 Å². The van der Waals surface area contributed by atoms with E-state index in [2.05, 4.69) is 9.97 Å². The minimum atomic E-state index is -4.53. The van der Waals surface area contributed by atoms with E-state index in [1.54, 1.807) is 30.6 Å².